The van der Waals surface area contributed by atoms with Crippen molar-refractivity contribution < 1.29 is 19.8 Å². The summed E-state index contributed by atoms with van der Waals surface area (Å²) in [5.41, 5.74) is 0.321. The van der Waals surface area contributed by atoms with Crippen molar-refractivity contribution in [1.82, 2.24) is 4.90 Å². The zero-order chi connectivity index (χ0) is 15.6. The molecule has 21 heavy (non-hydrogen) atoms. The number of halogens is 1. The molecular formula is C14H17IN2O4. The van der Waals surface area contributed by atoms with Crippen LogP contribution in [0.25, 0.3) is 0 Å². The van der Waals surface area contributed by atoms with Crippen LogP contribution in [0.3, 0.4) is 0 Å². The maximum absolute atomic E-state index is 12.2. The van der Waals surface area contributed by atoms with E-state index in [0.717, 1.165) is 9.99 Å². The number of urea groups is 1. The molecule has 3 N–H and O–H groups in total. The molecule has 114 valence electrons. The van der Waals surface area contributed by atoms with E-state index in [9.17, 15) is 19.8 Å². The lowest BCUT2D eigenvalue weighted by Crippen LogP contribution is -2.47. The largest absolute Gasteiger partial charge is 0.478 e. The van der Waals surface area contributed by atoms with Crippen molar-refractivity contribution in [2.75, 3.05) is 18.4 Å². The molecule has 6 nitrogen and oxygen atoms in total. The summed E-state index contributed by atoms with van der Waals surface area (Å²) in [4.78, 5) is 24.9. The number of anilines is 1. The van der Waals surface area contributed by atoms with E-state index in [1.54, 1.807) is 12.1 Å². The van der Waals surface area contributed by atoms with Crippen LogP contribution in [0.1, 0.15) is 23.7 Å². The predicted molar refractivity (Wildman–Crippen MR) is 86.5 cm³/mol. The van der Waals surface area contributed by atoms with Crippen molar-refractivity contribution in [3.05, 3.63) is 27.3 Å². The second-order valence-corrected chi connectivity index (χ2v) is 6.45. The Morgan fingerprint density at radius 3 is 2.76 bits per heavy atom. The van der Waals surface area contributed by atoms with E-state index in [1.165, 1.54) is 11.0 Å². The SMILES string of the molecule is CC1CCN(C(=O)Nc2ccc(I)cc2C(=O)O)CC1O. The minimum atomic E-state index is -1.09. The zero-order valence-electron chi connectivity index (χ0n) is 11.5. The number of carboxylic acid groups (broad SMARTS) is 1. The molecule has 1 aromatic carbocycles. The minimum Gasteiger partial charge on any atom is -0.478 e. The molecular weight excluding hydrogens is 387 g/mol. The molecule has 0 bridgehead atoms. The summed E-state index contributed by atoms with van der Waals surface area (Å²) < 4.78 is 0.783. The Bertz CT molecular complexity index is 564. The number of carbonyl (C=O) groups is 2. The molecule has 1 aromatic rings. The number of β-amino-alcohol motifs (C(OH)–C–C–N with tert-alkyl or cyclic N) is 1. The second-order valence-electron chi connectivity index (χ2n) is 5.20. The van der Waals surface area contributed by atoms with E-state index in [-0.39, 0.29) is 29.7 Å². The Hall–Kier alpha value is -1.35. The number of benzene rings is 1. The zero-order valence-corrected chi connectivity index (χ0v) is 13.7. The summed E-state index contributed by atoms with van der Waals surface area (Å²) >= 11 is 2.02. The van der Waals surface area contributed by atoms with Crippen LogP contribution in [0.2, 0.25) is 0 Å². The van der Waals surface area contributed by atoms with E-state index in [4.69, 9.17) is 0 Å². The van der Waals surface area contributed by atoms with E-state index >= 15 is 0 Å². The molecule has 2 atom stereocenters. The lowest BCUT2D eigenvalue weighted by Gasteiger charge is -2.34. The molecule has 1 aliphatic rings. The number of carboxylic acids is 1. The summed E-state index contributed by atoms with van der Waals surface area (Å²) in [6, 6.07) is 4.43. The Morgan fingerprint density at radius 1 is 1.43 bits per heavy atom. The summed E-state index contributed by atoms with van der Waals surface area (Å²) in [6.45, 7) is 2.76. The van der Waals surface area contributed by atoms with Gasteiger partial charge in [-0.05, 0) is 53.1 Å². The maximum atomic E-state index is 12.2. The fraction of sp³-hybridized carbons (Fsp3) is 0.429. The van der Waals surface area contributed by atoms with Gasteiger partial charge in [-0.25, -0.2) is 9.59 Å². The Balaban J connectivity index is 2.11. The molecule has 0 aliphatic carbocycles. The second kappa shape index (κ2) is 6.61. The fourth-order valence-electron chi connectivity index (χ4n) is 2.23. The van der Waals surface area contributed by atoms with Crippen LogP contribution in [0, 0.1) is 9.49 Å². The van der Waals surface area contributed by atoms with Gasteiger partial charge >= 0.3 is 12.0 Å². The average molecular weight is 404 g/mol. The Kier molecular flexibility index (Phi) is 5.04. The third-order valence-corrected chi connectivity index (χ3v) is 4.33. The highest BCUT2D eigenvalue weighted by molar-refractivity contribution is 14.1. The average Bonchev–Trinajstić information content (AvgIpc) is 2.43. The molecule has 1 saturated heterocycles. The van der Waals surface area contributed by atoms with Crippen LogP contribution in [0.5, 0.6) is 0 Å². The number of piperidine rings is 1. The van der Waals surface area contributed by atoms with Gasteiger partial charge in [0.15, 0.2) is 0 Å². The molecule has 0 saturated carbocycles. The number of nitrogens with zero attached hydrogens (tertiary/aromatic N) is 1. The number of hydrogen-bond acceptors (Lipinski definition) is 3. The quantitative estimate of drug-likeness (QED) is 0.660. The van der Waals surface area contributed by atoms with Gasteiger partial charge in [-0.15, -0.1) is 0 Å². The molecule has 7 heteroatoms. The first-order valence-corrected chi connectivity index (χ1v) is 7.73. The van der Waals surface area contributed by atoms with Gasteiger partial charge in [-0.3, -0.25) is 0 Å². The van der Waals surface area contributed by atoms with Crippen molar-refractivity contribution in [2.45, 2.75) is 19.4 Å². The molecule has 2 unspecified atom stereocenters. The monoisotopic (exact) mass is 404 g/mol. The highest BCUT2D eigenvalue weighted by atomic mass is 127. The van der Waals surface area contributed by atoms with Crippen LogP contribution in [0.4, 0.5) is 10.5 Å². The van der Waals surface area contributed by atoms with Crippen LogP contribution in [0.15, 0.2) is 18.2 Å². The number of amides is 2. The number of nitrogens with one attached hydrogen (secondary N) is 1. The lowest BCUT2D eigenvalue weighted by atomic mass is 9.96. The summed E-state index contributed by atoms with van der Waals surface area (Å²) in [5.74, 6) is -0.918. The normalized spacial score (nSPS) is 22.0. The number of carbonyl (C=O) groups excluding carboxylic acids is 1. The van der Waals surface area contributed by atoms with Crippen molar-refractivity contribution in [3.63, 3.8) is 0 Å². The van der Waals surface area contributed by atoms with Crippen molar-refractivity contribution >= 4 is 40.3 Å². The molecule has 2 rings (SSSR count). The van der Waals surface area contributed by atoms with Gasteiger partial charge in [0.05, 0.1) is 17.4 Å². The van der Waals surface area contributed by atoms with Gasteiger partial charge in [-0.2, -0.15) is 0 Å². The first-order chi connectivity index (χ1) is 9.88. The standard InChI is InChI=1S/C14H17IN2O4/c1-8-4-5-17(7-12(8)18)14(21)16-11-3-2-9(15)6-10(11)13(19)20/h2-3,6,8,12,18H,4-5,7H2,1H3,(H,16,21)(H,19,20). The lowest BCUT2D eigenvalue weighted by molar-refractivity contribution is 0.0463. The van der Waals surface area contributed by atoms with Crippen LogP contribution < -0.4 is 5.32 Å². The first kappa shape index (κ1) is 16.0. The topological polar surface area (TPSA) is 89.9 Å². The fourth-order valence-corrected chi connectivity index (χ4v) is 2.72. The smallest absolute Gasteiger partial charge is 0.337 e. The maximum Gasteiger partial charge on any atom is 0.337 e. The van der Waals surface area contributed by atoms with Crippen LogP contribution >= 0.6 is 22.6 Å². The van der Waals surface area contributed by atoms with Crippen molar-refractivity contribution in [2.24, 2.45) is 5.92 Å². The van der Waals surface area contributed by atoms with Gasteiger partial charge < -0.3 is 20.4 Å². The molecule has 1 aliphatic heterocycles. The van der Waals surface area contributed by atoms with Gasteiger partial charge in [0, 0.05) is 16.7 Å². The predicted octanol–water partition coefficient (Wildman–Crippen LogP) is 2.22. The molecule has 0 spiro atoms. The molecule has 2 amide bonds. The minimum absolute atomic E-state index is 0.0566. The van der Waals surface area contributed by atoms with E-state index in [0.29, 0.717) is 6.54 Å². The number of aromatic carboxylic acids is 1. The third-order valence-electron chi connectivity index (χ3n) is 3.66. The summed E-state index contributed by atoms with van der Waals surface area (Å²) in [6.07, 6.45) is 0.188. The molecule has 0 radical (unpaired) electrons. The Labute approximate surface area is 136 Å². The first-order valence-electron chi connectivity index (χ1n) is 6.65. The van der Waals surface area contributed by atoms with Crippen molar-refractivity contribution in [3.8, 4) is 0 Å². The van der Waals surface area contributed by atoms with E-state index in [1.807, 2.05) is 29.5 Å². The number of likely N-dealkylation sites (tertiary alicyclic amines) is 1. The van der Waals surface area contributed by atoms with Crippen molar-refractivity contribution in [1.29, 1.82) is 0 Å². The molecule has 1 fully saturated rings. The molecule has 1 heterocycles. The summed E-state index contributed by atoms with van der Waals surface area (Å²) in [7, 11) is 0. The number of aliphatic hydroxyl groups excluding tert-OH is 1. The highest BCUT2D eigenvalue weighted by Crippen LogP contribution is 2.21. The van der Waals surface area contributed by atoms with Crippen LogP contribution in [-0.2, 0) is 0 Å². The van der Waals surface area contributed by atoms with Gasteiger partial charge in [-0.1, -0.05) is 6.92 Å². The van der Waals surface area contributed by atoms with Gasteiger partial charge in [0.1, 0.15) is 0 Å². The third kappa shape index (κ3) is 3.85. The van der Waals surface area contributed by atoms with E-state index in [2.05, 4.69) is 5.32 Å². The van der Waals surface area contributed by atoms with E-state index < -0.39 is 12.1 Å². The number of aliphatic hydroxyl groups is 1. The Morgan fingerprint density at radius 2 is 2.14 bits per heavy atom. The summed E-state index contributed by atoms with van der Waals surface area (Å²) in [5, 5.41) is 21.6. The molecule has 0 aromatic heterocycles. The highest BCUT2D eigenvalue weighted by Gasteiger charge is 2.27. The van der Waals surface area contributed by atoms with Gasteiger partial charge in [0.25, 0.3) is 0 Å². The van der Waals surface area contributed by atoms with Gasteiger partial charge in [0.2, 0.25) is 0 Å². The number of rotatable bonds is 2. The number of hydrogen-bond donors (Lipinski definition) is 3. The van der Waals surface area contributed by atoms with Crippen LogP contribution in [-0.4, -0.2) is 46.3 Å².